The fourth-order valence-corrected chi connectivity index (χ4v) is 6.03. The maximum Gasteiger partial charge on any atom is 0.312 e. The van der Waals surface area contributed by atoms with E-state index in [9.17, 15) is 19.5 Å². The smallest absolute Gasteiger partial charge is 0.312 e. The third-order valence-corrected chi connectivity index (χ3v) is 7.68. The van der Waals surface area contributed by atoms with Gasteiger partial charge in [-0.05, 0) is 38.5 Å². The zero-order valence-corrected chi connectivity index (χ0v) is 19.6. The van der Waals surface area contributed by atoms with Crippen LogP contribution >= 0.6 is 0 Å². The normalized spacial score (nSPS) is 37.3. The van der Waals surface area contributed by atoms with Gasteiger partial charge in [-0.3, -0.25) is 14.4 Å². The van der Waals surface area contributed by atoms with Crippen LogP contribution in [0.15, 0.2) is 0 Å². The number of hydrogen-bond donors (Lipinski definition) is 2. The molecule has 2 N–H and O–H groups in total. The van der Waals surface area contributed by atoms with E-state index in [0.29, 0.717) is 13.0 Å². The molecule has 7 atom stereocenters. The lowest BCUT2D eigenvalue weighted by atomic mass is 9.62. The van der Waals surface area contributed by atoms with Gasteiger partial charge in [0.2, 0.25) is 11.8 Å². The molecule has 3 saturated heterocycles. The highest BCUT2D eigenvalue weighted by Gasteiger charge is 2.80. The second-order valence-electron chi connectivity index (χ2n) is 9.84. The number of nitrogens with zero attached hydrogens (tertiary/aromatic N) is 1. The van der Waals surface area contributed by atoms with Gasteiger partial charge in [-0.2, -0.15) is 0 Å². The first-order valence-electron chi connectivity index (χ1n) is 11.7. The summed E-state index contributed by atoms with van der Waals surface area (Å²) in [5.41, 5.74) is -1.96. The molecule has 0 radical (unpaired) electrons. The number of amides is 2. The number of likely N-dealkylation sites (tertiary alicyclic amines) is 1. The molecule has 0 aromatic heterocycles. The highest BCUT2D eigenvalue weighted by atomic mass is 16.6. The predicted molar refractivity (Wildman–Crippen MR) is 114 cm³/mol. The SMILES string of the molecule is CCCCNC(=O)C1N([C@@H](CO)C(C)C)C(=O)[C@@H]2[C@H](C(=O)OCC)[C@@]3(C)OC12CC3C. The molecule has 31 heavy (non-hydrogen) atoms. The Kier molecular flexibility index (Phi) is 6.73. The van der Waals surface area contributed by atoms with Gasteiger partial charge in [-0.15, -0.1) is 0 Å². The molecule has 2 amide bonds. The molecule has 8 nitrogen and oxygen atoms in total. The van der Waals surface area contributed by atoms with Crippen LogP contribution in [-0.2, 0) is 23.9 Å². The first-order valence-corrected chi connectivity index (χ1v) is 11.7. The number of unbranched alkanes of at least 4 members (excludes halogenated alkanes) is 1. The van der Waals surface area contributed by atoms with Crippen molar-refractivity contribution in [1.82, 2.24) is 10.2 Å². The molecule has 3 aliphatic rings. The number of nitrogens with one attached hydrogen (secondary N) is 1. The Morgan fingerprint density at radius 2 is 2.03 bits per heavy atom. The molecule has 3 aliphatic heterocycles. The van der Waals surface area contributed by atoms with Crippen LogP contribution < -0.4 is 5.32 Å². The summed E-state index contributed by atoms with van der Waals surface area (Å²) in [7, 11) is 0. The molecule has 176 valence electrons. The largest absolute Gasteiger partial charge is 0.466 e. The standard InChI is InChI=1S/C23H38N2O6/c1-7-9-10-24-19(27)18-23-11-14(5)22(6,31-23)17(21(29)30-8-2)16(23)20(28)25(18)15(12-26)13(3)4/h13-18,26H,7-12H2,1-6H3,(H,24,27)/t14?,15-,16-,17+,18?,22-,23?/m0/s1. The zero-order chi connectivity index (χ0) is 23.1. The van der Waals surface area contributed by atoms with Gasteiger partial charge in [-0.25, -0.2) is 0 Å². The zero-order valence-electron chi connectivity index (χ0n) is 19.6. The Labute approximate surface area is 185 Å². The molecule has 0 aromatic carbocycles. The number of fused-ring (bicyclic) bond motifs is 1. The van der Waals surface area contributed by atoms with Crippen LogP contribution in [0.1, 0.15) is 60.8 Å². The third-order valence-electron chi connectivity index (χ3n) is 7.68. The molecule has 3 fully saturated rings. The van der Waals surface area contributed by atoms with Crippen LogP contribution in [0.5, 0.6) is 0 Å². The molecule has 3 rings (SSSR count). The Morgan fingerprint density at radius 1 is 1.35 bits per heavy atom. The molecule has 2 bridgehead atoms. The Balaban J connectivity index is 2.09. The van der Waals surface area contributed by atoms with E-state index in [1.165, 1.54) is 4.90 Å². The molecule has 3 heterocycles. The molecular weight excluding hydrogens is 400 g/mol. The average Bonchev–Trinajstić information content (AvgIpc) is 3.20. The lowest BCUT2D eigenvalue weighted by Gasteiger charge is -2.38. The first-order chi connectivity index (χ1) is 14.6. The average molecular weight is 439 g/mol. The molecule has 0 aliphatic carbocycles. The molecule has 0 aromatic rings. The number of esters is 1. The van der Waals surface area contributed by atoms with E-state index >= 15 is 0 Å². The number of ether oxygens (including phenoxy) is 2. The summed E-state index contributed by atoms with van der Waals surface area (Å²) in [4.78, 5) is 41.8. The molecular formula is C23H38N2O6. The van der Waals surface area contributed by atoms with Crippen molar-refractivity contribution < 1.29 is 29.0 Å². The lowest BCUT2D eigenvalue weighted by Crippen LogP contribution is -2.59. The molecule has 3 unspecified atom stereocenters. The maximum absolute atomic E-state index is 13.8. The van der Waals surface area contributed by atoms with Crippen LogP contribution in [0.2, 0.25) is 0 Å². The van der Waals surface area contributed by atoms with Crippen LogP contribution in [0.3, 0.4) is 0 Å². The lowest BCUT2D eigenvalue weighted by molar-refractivity contribution is -0.162. The van der Waals surface area contributed by atoms with Crippen molar-refractivity contribution >= 4 is 17.8 Å². The van der Waals surface area contributed by atoms with Crippen LogP contribution in [0, 0.1) is 23.7 Å². The fourth-order valence-electron chi connectivity index (χ4n) is 6.03. The summed E-state index contributed by atoms with van der Waals surface area (Å²) < 4.78 is 11.9. The minimum atomic E-state index is -1.10. The van der Waals surface area contributed by atoms with Crippen LogP contribution in [0.4, 0.5) is 0 Å². The second kappa shape index (κ2) is 8.70. The fraction of sp³-hybridized carbons (Fsp3) is 0.870. The maximum atomic E-state index is 13.8. The molecule has 0 saturated carbocycles. The topological polar surface area (TPSA) is 105 Å². The number of aliphatic hydroxyl groups is 1. The number of carbonyl (C=O) groups excluding carboxylic acids is 3. The highest BCUT2D eigenvalue weighted by Crippen LogP contribution is 2.65. The second-order valence-corrected chi connectivity index (χ2v) is 9.84. The van der Waals surface area contributed by atoms with E-state index in [1.54, 1.807) is 6.92 Å². The van der Waals surface area contributed by atoms with Crippen LogP contribution in [-0.4, -0.2) is 70.8 Å². The summed E-state index contributed by atoms with van der Waals surface area (Å²) in [6.45, 7) is 11.9. The van der Waals surface area contributed by atoms with E-state index < -0.39 is 41.1 Å². The van der Waals surface area contributed by atoms with Gasteiger partial charge in [0, 0.05) is 6.54 Å². The van der Waals surface area contributed by atoms with Crippen LogP contribution in [0.25, 0.3) is 0 Å². The van der Waals surface area contributed by atoms with E-state index in [1.807, 2.05) is 34.6 Å². The van der Waals surface area contributed by atoms with Crippen molar-refractivity contribution in [2.45, 2.75) is 84.1 Å². The van der Waals surface area contributed by atoms with Gasteiger partial charge >= 0.3 is 5.97 Å². The van der Waals surface area contributed by atoms with E-state index in [-0.39, 0.29) is 36.9 Å². The summed E-state index contributed by atoms with van der Waals surface area (Å²) in [6.07, 6.45) is 2.27. The van der Waals surface area contributed by atoms with Gasteiger partial charge < -0.3 is 24.8 Å². The Bertz CT molecular complexity index is 727. The number of rotatable bonds is 9. The van der Waals surface area contributed by atoms with Crippen molar-refractivity contribution in [1.29, 1.82) is 0 Å². The predicted octanol–water partition coefficient (Wildman–Crippen LogP) is 1.49. The molecule has 8 heteroatoms. The summed E-state index contributed by atoms with van der Waals surface area (Å²) in [5, 5.41) is 13.1. The monoisotopic (exact) mass is 438 g/mol. The Hall–Kier alpha value is -1.67. The van der Waals surface area contributed by atoms with Gasteiger partial charge in [0.05, 0.1) is 30.8 Å². The van der Waals surface area contributed by atoms with Gasteiger partial charge in [0.1, 0.15) is 17.6 Å². The highest BCUT2D eigenvalue weighted by molar-refractivity contribution is 5.98. The van der Waals surface area contributed by atoms with Gasteiger partial charge in [0.25, 0.3) is 0 Å². The van der Waals surface area contributed by atoms with Crippen molar-refractivity contribution in [3.8, 4) is 0 Å². The summed E-state index contributed by atoms with van der Waals surface area (Å²) >= 11 is 0. The Morgan fingerprint density at radius 3 is 2.58 bits per heavy atom. The van der Waals surface area contributed by atoms with Crippen molar-refractivity contribution in [2.24, 2.45) is 23.7 Å². The van der Waals surface area contributed by atoms with Crippen molar-refractivity contribution in [2.75, 3.05) is 19.8 Å². The first kappa shape index (κ1) is 24.0. The third kappa shape index (κ3) is 3.46. The van der Waals surface area contributed by atoms with E-state index in [4.69, 9.17) is 9.47 Å². The quantitative estimate of drug-likeness (QED) is 0.417. The van der Waals surface area contributed by atoms with E-state index in [0.717, 1.165) is 12.8 Å². The number of carbonyl (C=O) groups is 3. The minimum Gasteiger partial charge on any atom is -0.466 e. The number of hydrogen-bond acceptors (Lipinski definition) is 6. The molecule has 1 spiro atoms. The summed E-state index contributed by atoms with van der Waals surface area (Å²) in [6, 6.07) is -1.42. The van der Waals surface area contributed by atoms with Crippen molar-refractivity contribution in [3.05, 3.63) is 0 Å². The van der Waals surface area contributed by atoms with Gasteiger partial charge in [-0.1, -0.05) is 34.1 Å². The van der Waals surface area contributed by atoms with E-state index in [2.05, 4.69) is 5.32 Å². The van der Waals surface area contributed by atoms with Gasteiger partial charge in [0.15, 0.2) is 0 Å². The number of aliphatic hydroxyl groups excluding tert-OH is 1. The minimum absolute atomic E-state index is 0.0246. The van der Waals surface area contributed by atoms with Crippen molar-refractivity contribution in [3.63, 3.8) is 0 Å². The summed E-state index contributed by atoms with van der Waals surface area (Å²) in [5.74, 6) is -2.67.